The molecule has 0 fully saturated rings. The minimum atomic E-state index is 0.0630. The molecule has 3 nitrogen and oxygen atoms in total. The smallest absolute Gasteiger partial charge is 0.251 e. The van der Waals surface area contributed by atoms with Crippen molar-refractivity contribution in [1.29, 1.82) is 0 Å². The second kappa shape index (κ2) is 6.09. The highest BCUT2D eigenvalue weighted by atomic mass is 16.1. The molecule has 19 heavy (non-hydrogen) atoms. The van der Waals surface area contributed by atoms with Crippen LogP contribution in [0.5, 0.6) is 0 Å². The van der Waals surface area contributed by atoms with E-state index in [1.807, 2.05) is 12.1 Å². The predicted octanol–water partition coefficient (Wildman–Crippen LogP) is 3.07. The van der Waals surface area contributed by atoms with Gasteiger partial charge in [-0.05, 0) is 42.4 Å². The number of hydrogen-bond acceptors (Lipinski definition) is 2. The van der Waals surface area contributed by atoms with Crippen LogP contribution < -0.4 is 10.6 Å². The van der Waals surface area contributed by atoms with E-state index in [2.05, 4.69) is 37.5 Å². The second-order valence-corrected chi connectivity index (χ2v) is 5.79. The van der Waals surface area contributed by atoms with Crippen molar-refractivity contribution in [2.45, 2.75) is 33.6 Å². The summed E-state index contributed by atoms with van der Waals surface area (Å²) in [4.78, 5) is 12.3. The number of nitrogens with one attached hydrogen (secondary N) is 2. The highest BCUT2D eigenvalue weighted by Gasteiger charge is 2.17. The van der Waals surface area contributed by atoms with E-state index in [4.69, 9.17) is 0 Å². The predicted molar refractivity (Wildman–Crippen MR) is 79.6 cm³/mol. The lowest BCUT2D eigenvalue weighted by Gasteiger charge is -2.21. The zero-order valence-corrected chi connectivity index (χ0v) is 12.1. The van der Waals surface area contributed by atoms with Crippen LogP contribution in [0.2, 0.25) is 0 Å². The fraction of sp³-hybridized carbons (Fsp3) is 0.562. The second-order valence-electron chi connectivity index (χ2n) is 5.79. The molecule has 0 bridgehead atoms. The third kappa shape index (κ3) is 3.28. The molecule has 1 aliphatic rings. The normalized spacial score (nSPS) is 15.6. The Balaban J connectivity index is 2.07. The maximum atomic E-state index is 12.3. The molecule has 0 aliphatic carbocycles. The van der Waals surface area contributed by atoms with E-state index in [1.165, 1.54) is 5.56 Å². The molecule has 1 aromatic rings. The molecular weight excluding hydrogens is 236 g/mol. The molecule has 0 spiro atoms. The first-order chi connectivity index (χ1) is 9.09. The van der Waals surface area contributed by atoms with E-state index in [-0.39, 0.29) is 5.91 Å². The number of rotatable bonds is 4. The summed E-state index contributed by atoms with van der Waals surface area (Å²) in [7, 11) is 0. The minimum absolute atomic E-state index is 0.0630. The monoisotopic (exact) mass is 260 g/mol. The first-order valence-electron chi connectivity index (χ1n) is 7.23. The van der Waals surface area contributed by atoms with E-state index < -0.39 is 0 Å². The molecule has 2 rings (SSSR count). The Hall–Kier alpha value is -1.51. The van der Waals surface area contributed by atoms with Gasteiger partial charge in [-0.1, -0.05) is 26.8 Å². The highest BCUT2D eigenvalue weighted by Crippen LogP contribution is 2.25. The number of anilines is 1. The van der Waals surface area contributed by atoms with Gasteiger partial charge in [0.15, 0.2) is 0 Å². The lowest BCUT2D eigenvalue weighted by Crippen LogP contribution is -2.31. The summed E-state index contributed by atoms with van der Waals surface area (Å²) in [5, 5.41) is 6.42. The molecule has 1 atom stereocenters. The molecular formula is C16H24N2O. The van der Waals surface area contributed by atoms with E-state index in [0.29, 0.717) is 11.8 Å². The topological polar surface area (TPSA) is 41.1 Å². The molecule has 104 valence electrons. The summed E-state index contributed by atoms with van der Waals surface area (Å²) in [6, 6.07) is 5.95. The molecule has 3 heteroatoms. The van der Waals surface area contributed by atoms with Crippen molar-refractivity contribution >= 4 is 11.6 Å². The number of hydrogen-bond donors (Lipinski definition) is 2. The van der Waals surface area contributed by atoms with Crippen LogP contribution in [0.4, 0.5) is 5.69 Å². The Morgan fingerprint density at radius 2 is 2.16 bits per heavy atom. The van der Waals surface area contributed by atoms with Gasteiger partial charge >= 0.3 is 0 Å². The van der Waals surface area contributed by atoms with Crippen molar-refractivity contribution in [1.82, 2.24) is 5.32 Å². The molecule has 1 heterocycles. The number of carbonyl (C=O) groups excluding carboxylic acids is 1. The Morgan fingerprint density at radius 1 is 1.37 bits per heavy atom. The molecule has 0 aromatic heterocycles. The highest BCUT2D eigenvalue weighted by molar-refractivity contribution is 5.97. The third-order valence-corrected chi connectivity index (χ3v) is 4.06. The van der Waals surface area contributed by atoms with E-state index in [1.54, 1.807) is 0 Å². The molecule has 1 aliphatic heterocycles. The van der Waals surface area contributed by atoms with E-state index in [0.717, 1.165) is 37.2 Å². The summed E-state index contributed by atoms with van der Waals surface area (Å²) in [5.74, 6) is 1.15. The first-order valence-corrected chi connectivity index (χ1v) is 7.23. The van der Waals surface area contributed by atoms with Crippen molar-refractivity contribution in [2.24, 2.45) is 11.8 Å². The number of benzene rings is 1. The quantitative estimate of drug-likeness (QED) is 0.873. The average Bonchev–Trinajstić information content (AvgIpc) is 2.43. The minimum Gasteiger partial charge on any atom is -0.385 e. The van der Waals surface area contributed by atoms with Crippen LogP contribution >= 0.6 is 0 Å². The summed E-state index contributed by atoms with van der Waals surface area (Å²) in [6.45, 7) is 8.29. The van der Waals surface area contributed by atoms with Crippen LogP contribution in [0.15, 0.2) is 18.2 Å². The van der Waals surface area contributed by atoms with Crippen LogP contribution in [0, 0.1) is 11.8 Å². The van der Waals surface area contributed by atoms with Crippen LogP contribution in [-0.4, -0.2) is 19.0 Å². The summed E-state index contributed by atoms with van der Waals surface area (Å²) < 4.78 is 0. The Morgan fingerprint density at radius 3 is 2.89 bits per heavy atom. The van der Waals surface area contributed by atoms with Crippen LogP contribution in [-0.2, 0) is 6.42 Å². The van der Waals surface area contributed by atoms with Gasteiger partial charge in [-0.15, -0.1) is 0 Å². The third-order valence-electron chi connectivity index (χ3n) is 4.06. The standard InChI is InChI=1S/C16H24N2O/c1-11(2)12(3)10-18-16(19)14-6-4-8-15-13(14)7-5-9-17-15/h4,6,8,11-12,17H,5,7,9-10H2,1-3H3,(H,18,19). The molecule has 0 radical (unpaired) electrons. The molecule has 0 saturated carbocycles. The molecule has 1 aromatic carbocycles. The van der Waals surface area contributed by atoms with Gasteiger partial charge < -0.3 is 10.6 Å². The molecule has 1 amide bonds. The Labute approximate surface area is 115 Å². The summed E-state index contributed by atoms with van der Waals surface area (Å²) >= 11 is 0. The van der Waals surface area contributed by atoms with Crippen LogP contribution in [0.25, 0.3) is 0 Å². The van der Waals surface area contributed by atoms with Gasteiger partial charge in [0.1, 0.15) is 0 Å². The number of amides is 1. The first kappa shape index (κ1) is 13.9. The number of carbonyl (C=O) groups is 1. The van der Waals surface area contributed by atoms with Crippen molar-refractivity contribution in [3.05, 3.63) is 29.3 Å². The van der Waals surface area contributed by atoms with Crippen molar-refractivity contribution in [2.75, 3.05) is 18.4 Å². The van der Waals surface area contributed by atoms with E-state index in [9.17, 15) is 4.79 Å². The van der Waals surface area contributed by atoms with Gasteiger partial charge in [0.25, 0.3) is 5.91 Å². The van der Waals surface area contributed by atoms with Crippen molar-refractivity contribution in [3.63, 3.8) is 0 Å². The largest absolute Gasteiger partial charge is 0.385 e. The van der Waals surface area contributed by atoms with Gasteiger partial charge in [0.05, 0.1) is 0 Å². The summed E-state index contributed by atoms with van der Waals surface area (Å²) in [5.41, 5.74) is 3.12. The Bertz CT molecular complexity index is 454. The lowest BCUT2D eigenvalue weighted by molar-refractivity contribution is 0.0944. The fourth-order valence-electron chi connectivity index (χ4n) is 2.31. The number of fused-ring (bicyclic) bond motifs is 1. The van der Waals surface area contributed by atoms with Gasteiger partial charge in [0, 0.05) is 24.3 Å². The van der Waals surface area contributed by atoms with Gasteiger partial charge in [0.2, 0.25) is 0 Å². The molecule has 2 N–H and O–H groups in total. The van der Waals surface area contributed by atoms with Gasteiger partial charge in [-0.3, -0.25) is 4.79 Å². The maximum Gasteiger partial charge on any atom is 0.251 e. The molecule has 0 saturated heterocycles. The van der Waals surface area contributed by atoms with Crippen molar-refractivity contribution < 1.29 is 4.79 Å². The maximum absolute atomic E-state index is 12.3. The lowest BCUT2D eigenvalue weighted by atomic mass is 9.96. The summed E-state index contributed by atoms with van der Waals surface area (Å²) in [6.07, 6.45) is 2.09. The Kier molecular flexibility index (Phi) is 4.46. The SMILES string of the molecule is CC(C)C(C)CNC(=O)c1cccc2c1CCCN2. The van der Waals surface area contributed by atoms with Gasteiger partial charge in [-0.2, -0.15) is 0 Å². The van der Waals surface area contributed by atoms with E-state index >= 15 is 0 Å². The fourth-order valence-corrected chi connectivity index (χ4v) is 2.31. The zero-order chi connectivity index (χ0) is 13.8. The zero-order valence-electron chi connectivity index (χ0n) is 12.1. The van der Waals surface area contributed by atoms with Crippen LogP contribution in [0.3, 0.4) is 0 Å². The molecule has 1 unspecified atom stereocenters. The van der Waals surface area contributed by atoms with Crippen molar-refractivity contribution in [3.8, 4) is 0 Å². The van der Waals surface area contributed by atoms with Gasteiger partial charge in [-0.25, -0.2) is 0 Å². The average molecular weight is 260 g/mol. The van der Waals surface area contributed by atoms with Crippen LogP contribution in [0.1, 0.15) is 43.1 Å².